The van der Waals surface area contributed by atoms with Crippen molar-refractivity contribution >= 4 is 38.8 Å². The summed E-state index contributed by atoms with van der Waals surface area (Å²) in [5.74, 6) is 0. The molecule has 0 atom stereocenters. The van der Waals surface area contributed by atoms with Gasteiger partial charge >= 0.3 is 6.03 Å². The Bertz CT molecular complexity index is 819. The molecular weight excluding hydrogens is 324 g/mol. The molecule has 0 aliphatic carbocycles. The Labute approximate surface area is 134 Å². The maximum Gasteiger partial charge on any atom is 0.323 e. The average Bonchev–Trinajstić information content (AvgIpc) is 2.40. The molecule has 0 spiro atoms. The van der Waals surface area contributed by atoms with Gasteiger partial charge in [-0.2, -0.15) is 0 Å². The van der Waals surface area contributed by atoms with Crippen LogP contribution >= 0.6 is 11.6 Å². The van der Waals surface area contributed by atoms with Crippen molar-refractivity contribution in [2.45, 2.75) is 11.8 Å². The minimum atomic E-state index is -3.37. The first-order valence-corrected chi connectivity index (χ1v) is 8.67. The number of carbonyl (C=O) groups excluding carboxylic acids is 1. The van der Waals surface area contributed by atoms with Crippen molar-refractivity contribution in [2.75, 3.05) is 16.9 Å². The van der Waals surface area contributed by atoms with Crippen LogP contribution in [-0.4, -0.2) is 20.7 Å². The molecule has 22 heavy (non-hydrogen) atoms. The Morgan fingerprint density at radius 3 is 2.45 bits per heavy atom. The van der Waals surface area contributed by atoms with E-state index in [9.17, 15) is 13.2 Å². The molecule has 0 bridgehead atoms. The number of amides is 2. The molecule has 2 rings (SSSR count). The van der Waals surface area contributed by atoms with Gasteiger partial charge < -0.3 is 10.6 Å². The van der Waals surface area contributed by atoms with Crippen LogP contribution in [0.5, 0.6) is 0 Å². The van der Waals surface area contributed by atoms with Gasteiger partial charge in [-0.3, -0.25) is 0 Å². The molecule has 0 aromatic heterocycles. The second-order valence-electron chi connectivity index (χ2n) is 4.86. The SMILES string of the molecule is Cc1cccc(NC(=O)Nc2cc(S(C)(=O)=O)ccc2Cl)c1. The van der Waals surface area contributed by atoms with E-state index in [-0.39, 0.29) is 15.6 Å². The highest BCUT2D eigenvalue weighted by Crippen LogP contribution is 2.25. The second-order valence-corrected chi connectivity index (χ2v) is 7.29. The molecular formula is C15H15ClN2O3S. The lowest BCUT2D eigenvalue weighted by molar-refractivity contribution is 0.262. The van der Waals surface area contributed by atoms with Gasteiger partial charge in [-0.15, -0.1) is 0 Å². The molecule has 0 aliphatic heterocycles. The lowest BCUT2D eigenvalue weighted by atomic mass is 10.2. The number of hydrogen-bond acceptors (Lipinski definition) is 3. The Hall–Kier alpha value is -2.05. The van der Waals surface area contributed by atoms with E-state index in [0.29, 0.717) is 5.69 Å². The van der Waals surface area contributed by atoms with E-state index in [1.54, 1.807) is 6.07 Å². The third kappa shape index (κ3) is 4.22. The maximum atomic E-state index is 12.0. The van der Waals surface area contributed by atoms with Crippen molar-refractivity contribution in [2.24, 2.45) is 0 Å². The molecule has 0 radical (unpaired) electrons. The molecule has 0 saturated heterocycles. The zero-order chi connectivity index (χ0) is 16.3. The molecule has 5 nitrogen and oxygen atoms in total. The van der Waals surface area contributed by atoms with E-state index in [0.717, 1.165) is 11.8 Å². The molecule has 0 unspecified atom stereocenters. The van der Waals surface area contributed by atoms with Gasteiger partial charge in [0.25, 0.3) is 0 Å². The van der Waals surface area contributed by atoms with Crippen LogP contribution in [0.2, 0.25) is 5.02 Å². The number of benzene rings is 2. The number of carbonyl (C=O) groups is 1. The minimum Gasteiger partial charge on any atom is -0.308 e. The fraction of sp³-hybridized carbons (Fsp3) is 0.133. The van der Waals surface area contributed by atoms with E-state index >= 15 is 0 Å². The van der Waals surface area contributed by atoms with Gasteiger partial charge in [0, 0.05) is 11.9 Å². The Morgan fingerprint density at radius 1 is 1.09 bits per heavy atom. The summed E-state index contributed by atoms with van der Waals surface area (Å²) in [5.41, 5.74) is 1.87. The lowest BCUT2D eigenvalue weighted by Gasteiger charge is -2.10. The van der Waals surface area contributed by atoms with Crippen LogP contribution in [0.25, 0.3) is 0 Å². The van der Waals surface area contributed by atoms with Gasteiger partial charge in [0.05, 0.1) is 15.6 Å². The van der Waals surface area contributed by atoms with E-state index in [1.165, 1.54) is 18.2 Å². The van der Waals surface area contributed by atoms with Gasteiger partial charge in [-0.1, -0.05) is 23.7 Å². The number of anilines is 2. The van der Waals surface area contributed by atoms with Gasteiger partial charge in [0.1, 0.15) is 0 Å². The van der Waals surface area contributed by atoms with Gasteiger partial charge in [0.15, 0.2) is 9.84 Å². The quantitative estimate of drug-likeness (QED) is 0.896. The first kappa shape index (κ1) is 16.3. The zero-order valence-electron chi connectivity index (χ0n) is 12.1. The van der Waals surface area contributed by atoms with Crippen LogP contribution < -0.4 is 10.6 Å². The van der Waals surface area contributed by atoms with Crippen molar-refractivity contribution in [3.05, 3.63) is 53.1 Å². The lowest BCUT2D eigenvalue weighted by Crippen LogP contribution is -2.19. The topological polar surface area (TPSA) is 75.3 Å². The first-order chi connectivity index (χ1) is 10.3. The van der Waals surface area contributed by atoms with Crippen LogP contribution in [0.15, 0.2) is 47.4 Å². The summed E-state index contributed by atoms with van der Waals surface area (Å²) in [4.78, 5) is 12.1. The molecule has 7 heteroatoms. The molecule has 2 aromatic rings. The van der Waals surface area contributed by atoms with Crippen LogP contribution in [0.1, 0.15) is 5.56 Å². The molecule has 0 fully saturated rings. The monoisotopic (exact) mass is 338 g/mol. The Kier molecular flexibility index (Phi) is 4.73. The number of sulfone groups is 1. The minimum absolute atomic E-state index is 0.0859. The highest BCUT2D eigenvalue weighted by atomic mass is 35.5. The smallest absolute Gasteiger partial charge is 0.308 e. The Balaban J connectivity index is 2.18. The van der Waals surface area contributed by atoms with Crippen LogP contribution in [0.4, 0.5) is 16.2 Å². The molecule has 2 amide bonds. The molecule has 116 valence electrons. The van der Waals surface area contributed by atoms with E-state index in [1.807, 2.05) is 25.1 Å². The fourth-order valence-corrected chi connectivity index (χ4v) is 2.65. The highest BCUT2D eigenvalue weighted by molar-refractivity contribution is 7.90. The molecule has 2 N–H and O–H groups in total. The summed E-state index contributed by atoms with van der Waals surface area (Å²) >= 11 is 5.98. The van der Waals surface area contributed by atoms with E-state index in [2.05, 4.69) is 10.6 Å². The summed E-state index contributed by atoms with van der Waals surface area (Å²) in [5, 5.41) is 5.46. The fourth-order valence-electron chi connectivity index (χ4n) is 1.84. The summed E-state index contributed by atoms with van der Waals surface area (Å²) in [6.07, 6.45) is 1.09. The molecule has 0 aliphatic rings. The molecule has 0 heterocycles. The van der Waals surface area contributed by atoms with Gasteiger partial charge in [-0.05, 0) is 42.8 Å². The molecule has 2 aromatic carbocycles. The number of nitrogens with one attached hydrogen (secondary N) is 2. The number of halogens is 1. The predicted molar refractivity (Wildman–Crippen MR) is 88.4 cm³/mol. The van der Waals surface area contributed by atoms with Gasteiger partial charge in [0.2, 0.25) is 0 Å². The van der Waals surface area contributed by atoms with Crippen molar-refractivity contribution in [3.63, 3.8) is 0 Å². The summed E-state index contributed by atoms with van der Waals surface area (Å²) in [6, 6.07) is 10.9. The standard InChI is InChI=1S/C15H15ClN2O3S/c1-10-4-3-5-11(8-10)17-15(19)18-14-9-12(22(2,20)21)6-7-13(14)16/h3-9H,1-2H3,(H2,17,18,19). The van der Waals surface area contributed by atoms with Crippen molar-refractivity contribution in [1.82, 2.24) is 0 Å². The summed E-state index contributed by atoms with van der Waals surface area (Å²) < 4.78 is 23.1. The van der Waals surface area contributed by atoms with Crippen molar-refractivity contribution in [3.8, 4) is 0 Å². The molecule has 0 saturated carbocycles. The zero-order valence-corrected chi connectivity index (χ0v) is 13.6. The van der Waals surface area contributed by atoms with Crippen LogP contribution in [-0.2, 0) is 9.84 Å². The van der Waals surface area contributed by atoms with E-state index < -0.39 is 15.9 Å². The third-order valence-electron chi connectivity index (χ3n) is 2.89. The number of hydrogen-bond donors (Lipinski definition) is 2. The largest absolute Gasteiger partial charge is 0.323 e. The highest BCUT2D eigenvalue weighted by Gasteiger charge is 2.12. The summed E-state index contributed by atoms with van der Waals surface area (Å²) in [6.45, 7) is 1.91. The van der Waals surface area contributed by atoms with Crippen molar-refractivity contribution < 1.29 is 13.2 Å². The Morgan fingerprint density at radius 2 is 1.82 bits per heavy atom. The number of rotatable bonds is 3. The average molecular weight is 339 g/mol. The van der Waals surface area contributed by atoms with Crippen LogP contribution in [0.3, 0.4) is 0 Å². The van der Waals surface area contributed by atoms with Gasteiger partial charge in [-0.25, -0.2) is 13.2 Å². The van der Waals surface area contributed by atoms with E-state index in [4.69, 9.17) is 11.6 Å². The van der Waals surface area contributed by atoms with Crippen molar-refractivity contribution in [1.29, 1.82) is 0 Å². The normalized spacial score (nSPS) is 11.0. The van der Waals surface area contributed by atoms with Crippen LogP contribution in [0, 0.1) is 6.92 Å². The first-order valence-electron chi connectivity index (χ1n) is 6.40. The number of aryl methyl sites for hydroxylation is 1. The third-order valence-corrected chi connectivity index (χ3v) is 4.33. The predicted octanol–water partition coefficient (Wildman–Crippen LogP) is 3.70. The maximum absolute atomic E-state index is 12.0. The second kappa shape index (κ2) is 6.37. The number of urea groups is 1. The summed E-state index contributed by atoms with van der Waals surface area (Å²) in [7, 11) is -3.37.